The Morgan fingerprint density at radius 2 is 2.15 bits per heavy atom. The molecular formula is C14H19N3O3. The van der Waals surface area contributed by atoms with Crippen LogP contribution in [0.1, 0.15) is 6.42 Å². The minimum Gasteiger partial charge on any atom is -0.497 e. The fraction of sp³-hybridized carbons (Fsp3) is 0.429. The van der Waals surface area contributed by atoms with Crippen molar-refractivity contribution in [2.45, 2.75) is 6.42 Å². The number of nitrogens with zero attached hydrogens (tertiary/aromatic N) is 1. The van der Waals surface area contributed by atoms with Gasteiger partial charge in [0.1, 0.15) is 5.75 Å². The van der Waals surface area contributed by atoms with Crippen LogP contribution in [0.25, 0.3) is 0 Å². The van der Waals surface area contributed by atoms with E-state index in [1.54, 1.807) is 24.1 Å². The first-order valence-electron chi connectivity index (χ1n) is 6.58. The summed E-state index contributed by atoms with van der Waals surface area (Å²) in [6.45, 7) is 1.24. The molecular weight excluding hydrogens is 258 g/mol. The molecule has 0 aliphatic carbocycles. The smallest absolute Gasteiger partial charge is 0.227 e. The summed E-state index contributed by atoms with van der Waals surface area (Å²) >= 11 is 0. The Labute approximate surface area is 117 Å². The van der Waals surface area contributed by atoms with Crippen LogP contribution in [-0.2, 0) is 9.59 Å². The van der Waals surface area contributed by atoms with Crippen LogP contribution in [0, 0.1) is 5.92 Å². The minimum absolute atomic E-state index is 0.0388. The summed E-state index contributed by atoms with van der Waals surface area (Å²) in [4.78, 5) is 25.5. The average Bonchev–Trinajstić information content (AvgIpc) is 2.87. The zero-order valence-electron chi connectivity index (χ0n) is 11.5. The Bertz CT molecular complexity index is 487. The molecule has 0 spiro atoms. The molecule has 2 amide bonds. The third kappa shape index (κ3) is 3.08. The summed E-state index contributed by atoms with van der Waals surface area (Å²) in [6, 6.07) is 7.22. The normalized spacial score (nSPS) is 18.2. The zero-order valence-corrected chi connectivity index (χ0v) is 11.5. The average molecular weight is 277 g/mol. The van der Waals surface area contributed by atoms with Gasteiger partial charge in [0.15, 0.2) is 0 Å². The molecule has 1 heterocycles. The molecule has 108 valence electrons. The van der Waals surface area contributed by atoms with Crippen molar-refractivity contribution < 1.29 is 14.3 Å². The molecule has 1 aromatic rings. The molecule has 1 fully saturated rings. The number of nitrogens with one attached hydrogen (secondary N) is 1. The monoisotopic (exact) mass is 277 g/mol. The minimum atomic E-state index is -0.309. The Morgan fingerprint density at radius 3 is 2.75 bits per heavy atom. The summed E-state index contributed by atoms with van der Waals surface area (Å²) in [5.74, 6) is 0.275. The van der Waals surface area contributed by atoms with Gasteiger partial charge in [0, 0.05) is 31.7 Å². The maximum Gasteiger partial charge on any atom is 0.227 e. The lowest BCUT2D eigenvalue weighted by atomic mass is 10.1. The maximum absolute atomic E-state index is 12.0. The zero-order chi connectivity index (χ0) is 14.5. The van der Waals surface area contributed by atoms with Crippen LogP contribution in [0.15, 0.2) is 24.3 Å². The number of anilines is 1. The molecule has 0 bridgehead atoms. The van der Waals surface area contributed by atoms with Crippen molar-refractivity contribution in [2.24, 2.45) is 11.7 Å². The topological polar surface area (TPSA) is 84.7 Å². The van der Waals surface area contributed by atoms with Gasteiger partial charge in [0.25, 0.3) is 0 Å². The molecule has 1 aliphatic heterocycles. The van der Waals surface area contributed by atoms with Crippen molar-refractivity contribution in [2.75, 3.05) is 31.6 Å². The van der Waals surface area contributed by atoms with E-state index in [0.29, 0.717) is 19.6 Å². The number of methoxy groups -OCH3 is 1. The van der Waals surface area contributed by atoms with Gasteiger partial charge >= 0.3 is 0 Å². The third-order valence-corrected chi connectivity index (χ3v) is 3.32. The van der Waals surface area contributed by atoms with E-state index in [1.807, 2.05) is 12.1 Å². The highest BCUT2D eigenvalue weighted by Gasteiger charge is 2.34. The second kappa shape index (κ2) is 6.38. The number of benzene rings is 1. The number of carbonyl (C=O) groups is 2. The molecule has 1 aromatic carbocycles. The van der Waals surface area contributed by atoms with E-state index in [9.17, 15) is 9.59 Å². The largest absolute Gasteiger partial charge is 0.497 e. The lowest BCUT2D eigenvalue weighted by Crippen LogP contribution is -2.35. The van der Waals surface area contributed by atoms with Gasteiger partial charge in [-0.15, -0.1) is 0 Å². The van der Waals surface area contributed by atoms with Gasteiger partial charge < -0.3 is 20.7 Å². The van der Waals surface area contributed by atoms with E-state index in [2.05, 4.69) is 5.32 Å². The summed E-state index contributed by atoms with van der Waals surface area (Å²) in [5.41, 5.74) is 6.13. The third-order valence-electron chi connectivity index (χ3n) is 3.32. The Balaban J connectivity index is 2.03. The van der Waals surface area contributed by atoms with Gasteiger partial charge in [-0.3, -0.25) is 9.59 Å². The first-order valence-corrected chi connectivity index (χ1v) is 6.58. The van der Waals surface area contributed by atoms with Crippen LogP contribution in [-0.4, -0.2) is 38.6 Å². The quantitative estimate of drug-likeness (QED) is 0.801. The van der Waals surface area contributed by atoms with E-state index in [4.69, 9.17) is 10.5 Å². The number of rotatable bonds is 5. The number of hydrogen-bond donors (Lipinski definition) is 2. The molecule has 3 N–H and O–H groups in total. The van der Waals surface area contributed by atoms with Crippen LogP contribution >= 0.6 is 0 Å². The molecule has 1 aliphatic rings. The molecule has 0 saturated carbocycles. The molecule has 0 radical (unpaired) electrons. The van der Waals surface area contributed by atoms with Gasteiger partial charge in [-0.2, -0.15) is 0 Å². The van der Waals surface area contributed by atoms with Crippen molar-refractivity contribution in [1.29, 1.82) is 0 Å². The number of amides is 2. The Kier molecular flexibility index (Phi) is 4.57. The molecule has 2 rings (SSSR count). The molecule has 1 unspecified atom stereocenters. The van der Waals surface area contributed by atoms with E-state index in [-0.39, 0.29) is 24.2 Å². The number of carbonyl (C=O) groups excluding carboxylic acids is 2. The molecule has 6 heteroatoms. The fourth-order valence-electron chi connectivity index (χ4n) is 2.23. The number of hydrogen-bond acceptors (Lipinski definition) is 4. The van der Waals surface area contributed by atoms with Crippen LogP contribution in [0.4, 0.5) is 5.69 Å². The standard InChI is InChI=1S/C14H19N3O3/c1-20-12-4-2-11(3-5-12)17-9-10(8-13(17)18)14(19)16-7-6-15/h2-5,10H,6-9,15H2,1H3,(H,16,19). The summed E-state index contributed by atoms with van der Waals surface area (Å²) in [6.07, 6.45) is 0.239. The maximum atomic E-state index is 12.0. The van der Waals surface area contributed by atoms with Crippen molar-refractivity contribution in [1.82, 2.24) is 5.32 Å². The van der Waals surface area contributed by atoms with Crippen molar-refractivity contribution in [3.8, 4) is 5.75 Å². The SMILES string of the molecule is COc1ccc(N2CC(C(=O)NCCN)CC2=O)cc1. The highest BCUT2D eigenvalue weighted by atomic mass is 16.5. The van der Waals surface area contributed by atoms with Crippen LogP contribution in [0.5, 0.6) is 5.75 Å². The molecule has 6 nitrogen and oxygen atoms in total. The van der Waals surface area contributed by atoms with Crippen LogP contribution < -0.4 is 20.7 Å². The Hall–Kier alpha value is -2.08. The molecule has 20 heavy (non-hydrogen) atoms. The highest BCUT2D eigenvalue weighted by molar-refractivity contribution is 6.00. The molecule has 0 aromatic heterocycles. The van der Waals surface area contributed by atoms with Crippen molar-refractivity contribution >= 4 is 17.5 Å². The summed E-state index contributed by atoms with van der Waals surface area (Å²) in [7, 11) is 1.59. The lowest BCUT2D eigenvalue weighted by molar-refractivity contribution is -0.126. The van der Waals surface area contributed by atoms with E-state index >= 15 is 0 Å². The van der Waals surface area contributed by atoms with Crippen LogP contribution in [0.3, 0.4) is 0 Å². The van der Waals surface area contributed by atoms with Gasteiger partial charge in [-0.1, -0.05) is 0 Å². The first-order chi connectivity index (χ1) is 9.65. The summed E-state index contributed by atoms with van der Waals surface area (Å²) in [5, 5.41) is 2.72. The fourth-order valence-corrected chi connectivity index (χ4v) is 2.23. The molecule has 1 saturated heterocycles. The van der Waals surface area contributed by atoms with E-state index < -0.39 is 0 Å². The molecule has 1 atom stereocenters. The predicted molar refractivity (Wildman–Crippen MR) is 75.5 cm³/mol. The van der Waals surface area contributed by atoms with Crippen molar-refractivity contribution in [3.63, 3.8) is 0 Å². The van der Waals surface area contributed by atoms with Gasteiger partial charge in [-0.05, 0) is 24.3 Å². The van der Waals surface area contributed by atoms with E-state index in [1.165, 1.54) is 0 Å². The van der Waals surface area contributed by atoms with E-state index in [0.717, 1.165) is 11.4 Å². The highest BCUT2D eigenvalue weighted by Crippen LogP contribution is 2.26. The first kappa shape index (κ1) is 14.3. The second-order valence-corrected chi connectivity index (χ2v) is 4.68. The second-order valence-electron chi connectivity index (χ2n) is 4.68. The predicted octanol–water partition coefficient (Wildman–Crippen LogP) is 0.123. The summed E-state index contributed by atoms with van der Waals surface area (Å²) < 4.78 is 5.08. The lowest BCUT2D eigenvalue weighted by Gasteiger charge is -2.17. The van der Waals surface area contributed by atoms with Gasteiger partial charge in [0.2, 0.25) is 11.8 Å². The number of ether oxygens (including phenoxy) is 1. The Morgan fingerprint density at radius 1 is 1.45 bits per heavy atom. The van der Waals surface area contributed by atoms with Gasteiger partial charge in [0.05, 0.1) is 13.0 Å². The van der Waals surface area contributed by atoms with Gasteiger partial charge in [-0.25, -0.2) is 0 Å². The van der Waals surface area contributed by atoms with Crippen molar-refractivity contribution in [3.05, 3.63) is 24.3 Å². The van der Waals surface area contributed by atoms with Crippen LogP contribution in [0.2, 0.25) is 0 Å². The number of nitrogens with two attached hydrogens (primary N) is 1.